The van der Waals surface area contributed by atoms with Crippen molar-refractivity contribution in [3.8, 4) is 22.6 Å². The van der Waals surface area contributed by atoms with E-state index >= 15 is 8.78 Å². The molecule has 190 valence electrons. The average molecular weight is 577 g/mol. The predicted octanol–water partition coefficient (Wildman–Crippen LogP) is 4.77. The topological polar surface area (TPSA) is 102 Å². The number of carbonyl (C=O) groups is 2. The van der Waals surface area contributed by atoms with Gasteiger partial charge in [-0.15, -0.1) is 0 Å². The Bertz CT molecular complexity index is 1230. The second-order valence-corrected chi connectivity index (χ2v) is 8.00. The van der Waals surface area contributed by atoms with Crippen LogP contribution in [-0.2, 0) is 15.3 Å². The summed E-state index contributed by atoms with van der Waals surface area (Å²) in [5.74, 6) is -23.3. The number of aromatic hydroxyl groups is 1. The molecule has 35 heavy (non-hydrogen) atoms. The highest BCUT2D eigenvalue weighted by atomic mass is 79.9. The molecular formula is C20H12BrF7O7. The van der Waals surface area contributed by atoms with Crippen LogP contribution in [0.1, 0.15) is 26.3 Å². The molecule has 3 rings (SSSR count). The lowest BCUT2D eigenvalue weighted by molar-refractivity contribution is -0.421. The van der Waals surface area contributed by atoms with Gasteiger partial charge < -0.3 is 24.4 Å². The van der Waals surface area contributed by atoms with E-state index in [-0.39, 0.29) is 10.5 Å². The molecule has 0 amide bonds. The van der Waals surface area contributed by atoms with Crippen LogP contribution in [-0.4, -0.2) is 54.4 Å². The van der Waals surface area contributed by atoms with Crippen LogP contribution in [0.3, 0.4) is 0 Å². The molecule has 1 atom stereocenters. The Morgan fingerprint density at radius 2 is 1.57 bits per heavy atom. The second-order valence-electron chi connectivity index (χ2n) is 7.09. The Morgan fingerprint density at radius 1 is 1.00 bits per heavy atom. The van der Waals surface area contributed by atoms with Crippen molar-refractivity contribution in [1.29, 1.82) is 0 Å². The Hall–Kier alpha value is -3.07. The van der Waals surface area contributed by atoms with Gasteiger partial charge in [0.25, 0.3) is 0 Å². The summed E-state index contributed by atoms with van der Waals surface area (Å²) in [5, 5.41) is 21.3. The van der Waals surface area contributed by atoms with Gasteiger partial charge in [-0.2, -0.15) is 30.7 Å². The van der Waals surface area contributed by atoms with E-state index < -0.39 is 75.1 Å². The van der Waals surface area contributed by atoms with E-state index in [1.807, 2.05) is 0 Å². The van der Waals surface area contributed by atoms with E-state index in [1.54, 1.807) is 0 Å². The summed E-state index contributed by atoms with van der Waals surface area (Å²) in [4.78, 5) is 24.6. The molecule has 1 heterocycles. The number of rotatable bonds is 4. The number of methoxy groups -OCH3 is 2. The summed E-state index contributed by atoms with van der Waals surface area (Å²) in [5.41, 5.74) is -5.19. The standard InChI is InChI=1S/C20H12BrF7O7/c1-33-15(30)9-6-10-12(13(14(9)29)16(31)34-2)8-5-7(21)3-4-11(8)35-17(10,32)18(22,23)19(24,25)20(26,27)28/h3-6,29,32H,1-2H3. The Kier molecular flexibility index (Phi) is 6.26. The molecule has 7 nitrogen and oxygen atoms in total. The smallest absolute Gasteiger partial charge is 0.460 e. The number of halogens is 8. The summed E-state index contributed by atoms with van der Waals surface area (Å²) in [6.07, 6.45) is -6.87. The van der Waals surface area contributed by atoms with Gasteiger partial charge in [-0.1, -0.05) is 15.9 Å². The molecule has 1 aliphatic rings. The number of ether oxygens (including phenoxy) is 3. The number of carbonyl (C=O) groups excluding carboxylic acids is 2. The molecule has 0 aromatic heterocycles. The van der Waals surface area contributed by atoms with Gasteiger partial charge in [0.2, 0.25) is 0 Å². The minimum atomic E-state index is -6.88. The van der Waals surface area contributed by atoms with Gasteiger partial charge in [0, 0.05) is 21.2 Å². The van der Waals surface area contributed by atoms with Crippen molar-refractivity contribution < 1.29 is 64.7 Å². The molecule has 0 radical (unpaired) electrons. The average Bonchev–Trinajstić information content (AvgIpc) is 2.77. The Morgan fingerprint density at radius 3 is 2.09 bits per heavy atom. The molecular weight excluding hydrogens is 565 g/mol. The highest BCUT2D eigenvalue weighted by molar-refractivity contribution is 9.10. The number of aliphatic hydroxyl groups is 1. The van der Waals surface area contributed by atoms with Crippen LogP contribution in [0.4, 0.5) is 30.7 Å². The van der Waals surface area contributed by atoms with E-state index in [1.165, 1.54) is 0 Å². The lowest BCUT2D eigenvalue weighted by Crippen LogP contribution is -2.65. The minimum absolute atomic E-state index is 0.160. The van der Waals surface area contributed by atoms with Crippen molar-refractivity contribution in [2.75, 3.05) is 14.2 Å². The molecule has 1 aliphatic heterocycles. The fourth-order valence-electron chi connectivity index (χ4n) is 3.41. The first-order chi connectivity index (χ1) is 16.0. The fraction of sp³-hybridized carbons (Fsp3) is 0.300. The van der Waals surface area contributed by atoms with Gasteiger partial charge in [0.1, 0.15) is 22.6 Å². The van der Waals surface area contributed by atoms with Crippen molar-refractivity contribution in [2.45, 2.75) is 23.8 Å². The van der Waals surface area contributed by atoms with Crippen LogP contribution in [0.5, 0.6) is 11.5 Å². The van der Waals surface area contributed by atoms with E-state index in [0.29, 0.717) is 0 Å². The number of phenolic OH excluding ortho intramolecular Hbond substituents is 1. The molecule has 0 bridgehead atoms. The largest absolute Gasteiger partial charge is 0.506 e. The van der Waals surface area contributed by atoms with Crippen molar-refractivity contribution in [1.82, 2.24) is 0 Å². The molecule has 1 unspecified atom stereocenters. The quantitative estimate of drug-likeness (QED) is 0.399. The summed E-state index contributed by atoms with van der Waals surface area (Å²) in [6.45, 7) is 0. The first-order valence-corrected chi connectivity index (χ1v) is 9.86. The highest BCUT2D eigenvalue weighted by Crippen LogP contribution is 2.60. The fourth-order valence-corrected chi connectivity index (χ4v) is 3.77. The van der Waals surface area contributed by atoms with Gasteiger partial charge in [0.05, 0.1) is 14.2 Å². The van der Waals surface area contributed by atoms with Gasteiger partial charge in [-0.05, 0) is 24.3 Å². The van der Waals surface area contributed by atoms with Crippen LogP contribution in [0.2, 0.25) is 0 Å². The Balaban J connectivity index is 2.57. The molecule has 2 aromatic rings. The predicted molar refractivity (Wildman–Crippen MR) is 104 cm³/mol. The van der Waals surface area contributed by atoms with Gasteiger partial charge in [-0.25, -0.2) is 9.59 Å². The van der Waals surface area contributed by atoms with Crippen molar-refractivity contribution in [3.63, 3.8) is 0 Å². The third kappa shape index (κ3) is 3.67. The normalized spacial score (nSPS) is 17.7. The van der Waals surface area contributed by atoms with E-state index in [2.05, 4.69) is 30.1 Å². The molecule has 2 aromatic carbocycles. The van der Waals surface area contributed by atoms with Crippen molar-refractivity contribution in [2.24, 2.45) is 0 Å². The highest BCUT2D eigenvalue weighted by Gasteiger charge is 2.82. The number of esters is 2. The van der Waals surface area contributed by atoms with Crippen LogP contribution in [0, 0.1) is 0 Å². The molecule has 0 saturated heterocycles. The zero-order valence-electron chi connectivity index (χ0n) is 17.3. The second kappa shape index (κ2) is 8.26. The lowest BCUT2D eigenvalue weighted by Gasteiger charge is -2.43. The zero-order valence-corrected chi connectivity index (χ0v) is 18.9. The monoisotopic (exact) mass is 576 g/mol. The molecule has 2 N–H and O–H groups in total. The van der Waals surface area contributed by atoms with E-state index in [4.69, 9.17) is 0 Å². The third-order valence-electron chi connectivity index (χ3n) is 5.10. The third-order valence-corrected chi connectivity index (χ3v) is 5.60. The maximum atomic E-state index is 15.0. The SMILES string of the molecule is COC(=O)c1cc2c(c(C(=O)OC)c1O)-c1cc(Br)ccc1OC2(O)C(F)(F)C(F)(F)C(F)(F)F. The van der Waals surface area contributed by atoms with Crippen LogP contribution in [0.15, 0.2) is 28.7 Å². The molecule has 0 aliphatic carbocycles. The van der Waals surface area contributed by atoms with E-state index in [0.717, 1.165) is 32.4 Å². The van der Waals surface area contributed by atoms with Gasteiger partial charge >= 0.3 is 35.7 Å². The van der Waals surface area contributed by atoms with Crippen LogP contribution >= 0.6 is 15.9 Å². The number of hydrogen-bond donors (Lipinski definition) is 2. The Labute approximate surface area is 199 Å². The first-order valence-electron chi connectivity index (χ1n) is 9.07. The molecule has 15 heteroatoms. The van der Waals surface area contributed by atoms with E-state index in [9.17, 15) is 41.8 Å². The minimum Gasteiger partial charge on any atom is -0.506 e. The zero-order chi connectivity index (χ0) is 26.7. The number of fused-ring (bicyclic) bond motifs is 3. The molecule has 0 saturated carbocycles. The molecule has 0 spiro atoms. The van der Waals surface area contributed by atoms with Gasteiger partial charge in [-0.3, -0.25) is 0 Å². The first kappa shape index (κ1) is 26.5. The summed E-state index contributed by atoms with van der Waals surface area (Å²) in [6, 6.07) is 3.15. The maximum absolute atomic E-state index is 15.0. The summed E-state index contributed by atoms with van der Waals surface area (Å²) >= 11 is 3.03. The van der Waals surface area contributed by atoms with Crippen LogP contribution < -0.4 is 4.74 Å². The number of phenols is 1. The van der Waals surface area contributed by atoms with Crippen LogP contribution in [0.25, 0.3) is 11.1 Å². The van der Waals surface area contributed by atoms with Crippen molar-refractivity contribution >= 4 is 27.9 Å². The lowest BCUT2D eigenvalue weighted by atomic mass is 9.81. The van der Waals surface area contributed by atoms with Gasteiger partial charge in [0.15, 0.2) is 0 Å². The number of alkyl halides is 7. The number of hydrogen-bond acceptors (Lipinski definition) is 7. The summed E-state index contributed by atoms with van der Waals surface area (Å²) in [7, 11) is 1.51. The maximum Gasteiger partial charge on any atom is 0.460 e. The number of benzene rings is 2. The molecule has 0 fully saturated rings. The van der Waals surface area contributed by atoms with Crippen molar-refractivity contribution in [3.05, 3.63) is 45.4 Å². The summed E-state index contributed by atoms with van der Waals surface area (Å²) < 4.78 is 111.